The number of carbonyl (C=O) groups excluding carboxylic acids is 1. The van der Waals surface area contributed by atoms with E-state index in [1.54, 1.807) is 0 Å². The van der Waals surface area contributed by atoms with Gasteiger partial charge in [-0.15, -0.1) is 0 Å². The number of nitrogens with one attached hydrogen (secondary N) is 2. The first-order chi connectivity index (χ1) is 9.29. The van der Waals surface area contributed by atoms with Crippen LogP contribution in [0.2, 0.25) is 5.02 Å². The zero-order chi connectivity index (χ0) is 15.3. The second kappa shape index (κ2) is 7.09. The lowest BCUT2D eigenvalue weighted by Gasteiger charge is -2.17. The molecular formula is C13H16ClFN2O3. The van der Waals surface area contributed by atoms with Gasteiger partial charge in [-0.3, -0.25) is 0 Å². The van der Waals surface area contributed by atoms with E-state index in [0.717, 1.165) is 6.07 Å². The molecule has 20 heavy (non-hydrogen) atoms. The van der Waals surface area contributed by atoms with Crippen LogP contribution in [0.25, 0.3) is 0 Å². The number of benzene rings is 1. The lowest BCUT2D eigenvalue weighted by atomic mass is 10.0. The molecule has 0 heterocycles. The first-order valence-corrected chi connectivity index (χ1v) is 6.42. The number of carboxylic acids is 1. The first kappa shape index (κ1) is 16.2. The Bertz CT molecular complexity index is 508. The van der Waals surface area contributed by atoms with Crippen LogP contribution in [0.1, 0.15) is 20.3 Å². The van der Waals surface area contributed by atoms with Gasteiger partial charge in [-0.25, -0.2) is 14.0 Å². The van der Waals surface area contributed by atoms with Crippen LogP contribution in [0, 0.1) is 11.7 Å². The zero-order valence-corrected chi connectivity index (χ0v) is 11.9. The molecule has 0 unspecified atom stereocenters. The van der Waals surface area contributed by atoms with E-state index in [1.165, 1.54) is 12.1 Å². The fourth-order valence-corrected chi connectivity index (χ4v) is 1.77. The quantitative estimate of drug-likeness (QED) is 0.782. The van der Waals surface area contributed by atoms with Crippen LogP contribution in [0.5, 0.6) is 0 Å². The van der Waals surface area contributed by atoms with Crippen LogP contribution in [0.4, 0.5) is 14.9 Å². The highest BCUT2D eigenvalue weighted by Crippen LogP contribution is 2.19. The molecule has 7 heteroatoms. The fraction of sp³-hybridized carbons (Fsp3) is 0.385. The Morgan fingerprint density at radius 3 is 2.60 bits per heavy atom. The minimum Gasteiger partial charge on any atom is -0.480 e. The molecule has 3 N–H and O–H groups in total. The van der Waals surface area contributed by atoms with Gasteiger partial charge in [-0.05, 0) is 30.5 Å². The van der Waals surface area contributed by atoms with Gasteiger partial charge < -0.3 is 15.7 Å². The van der Waals surface area contributed by atoms with Crippen molar-refractivity contribution in [3.63, 3.8) is 0 Å². The fourth-order valence-electron chi connectivity index (χ4n) is 1.60. The molecule has 5 nitrogen and oxygen atoms in total. The molecule has 110 valence electrons. The normalized spacial score (nSPS) is 12.1. The van der Waals surface area contributed by atoms with E-state index in [9.17, 15) is 14.0 Å². The minimum atomic E-state index is -1.14. The number of urea groups is 1. The molecule has 0 aliphatic carbocycles. The molecule has 0 saturated carbocycles. The van der Waals surface area contributed by atoms with E-state index < -0.39 is 23.9 Å². The standard InChI is InChI=1S/C13H16ClFN2O3/c1-7(2)5-11(12(18)19)17-13(20)16-10-6-8(14)3-4-9(10)15/h3-4,6-7,11H,5H2,1-2H3,(H,18,19)(H2,16,17,20)/t11-/m1/s1. The molecule has 1 aromatic rings. The van der Waals surface area contributed by atoms with Crippen LogP contribution in [0.3, 0.4) is 0 Å². The Morgan fingerprint density at radius 1 is 1.40 bits per heavy atom. The molecule has 0 fully saturated rings. The van der Waals surface area contributed by atoms with Gasteiger partial charge in [0.2, 0.25) is 0 Å². The Balaban J connectivity index is 2.70. The predicted octanol–water partition coefficient (Wildman–Crippen LogP) is 3.10. The van der Waals surface area contributed by atoms with Crippen molar-refractivity contribution in [1.29, 1.82) is 0 Å². The average molecular weight is 303 g/mol. The summed E-state index contributed by atoms with van der Waals surface area (Å²) in [5.41, 5.74) is -0.108. The Hall–Kier alpha value is -1.82. The van der Waals surface area contributed by atoms with Crippen molar-refractivity contribution in [2.24, 2.45) is 5.92 Å². The Kier molecular flexibility index (Phi) is 5.76. The van der Waals surface area contributed by atoms with Crippen LogP contribution >= 0.6 is 11.6 Å². The molecular weight excluding hydrogens is 287 g/mol. The largest absolute Gasteiger partial charge is 0.480 e. The summed E-state index contributed by atoms with van der Waals surface area (Å²) in [5.74, 6) is -1.69. The van der Waals surface area contributed by atoms with Gasteiger partial charge in [-0.1, -0.05) is 25.4 Å². The van der Waals surface area contributed by atoms with Gasteiger partial charge in [-0.2, -0.15) is 0 Å². The lowest BCUT2D eigenvalue weighted by Crippen LogP contribution is -2.43. The number of carboxylic acid groups (broad SMARTS) is 1. The van der Waals surface area contributed by atoms with Crippen LogP contribution in [-0.4, -0.2) is 23.1 Å². The van der Waals surface area contributed by atoms with Gasteiger partial charge in [0.25, 0.3) is 0 Å². The zero-order valence-electron chi connectivity index (χ0n) is 11.1. The number of rotatable bonds is 5. The van der Waals surface area contributed by atoms with Crippen molar-refractivity contribution in [2.75, 3.05) is 5.32 Å². The number of halogens is 2. The first-order valence-electron chi connectivity index (χ1n) is 6.05. The molecule has 2 amide bonds. The van der Waals surface area contributed by atoms with Gasteiger partial charge >= 0.3 is 12.0 Å². The smallest absolute Gasteiger partial charge is 0.326 e. The number of hydrogen-bond donors (Lipinski definition) is 3. The maximum atomic E-state index is 13.4. The molecule has 0 aliphatic heterocycles. The minimum absolute atomic E-state index is 0.0966. The van der Waals surface area contributed by atoms with Gasteiger partial charge in [0.05, 0.1) is 5.69 Å². The molecule has 0 aromatic heterocycles. The van der Waals surface area contributed by atoms with E-state index in [2.05, 4.69) is 10.6 Å². The Labute approximate surface area is 121 Å². The maximum absolute atomic E-state index is 13.4. The second-order valence-corrected chi connectivity index (χ2v) is 5.18. The number of carbonyl (C=O) groups is 2. The highest BCUT2D eigenvalue weighted by molar-refractivity contribution is 6.30. The highest BCUT2D eigenvalue weighted by atomic mass is 35.5. The van der Waals surface area contributed by atoms with Crippen molar-refractivity contribution < 1.29 is 19.1 Å². The summed E-state index contributed by atoms with van der Waals surface area (Å²) in [6, 6.07) is 1.88. The maximum Gasteiger partial charge on any atom is 0.326 e. The predicted molar refractivity (Wildman–Crippen MR) is 74.4 cm³/mol. The van der Waals surface area contributed by atoms with Crippen LogP contribution in [0.15, 0.2) is 18.2 Å². The third-order valence-corrected chi connectivity index (χ3v) is 2.72. The summed E-state index contributed by atoms with van der Waals surface area (Å²) in [6.07, 6.45) is 0.279. The van der Waals surface area contributed by atoms with Crippen molar-refractivity contribution >= 4 is 29.3 Å². The van der Waals surface area contributed by atoms with E-state index in [-0.39, 0.29) is 23.0 Å². The third kappa shape index (κ3) is 5.05. The number of amides is 2. The molecule has 1 aromatic carbocycles. The van der Waals surface area contributed by atoms with Gasteiger partial charge in [0.1, 0.15) is 11.9 Å². The molecule has 0 saturated heterocycles. The molecule has 0 aliphatic rings. The molecule has 0 radical (unpaired) electrons. The summed E-state index contributed by atoms with van der Waals surface area (Å²) >= 11 is 5.69. The molecule has 0 spiro atoms. The number of hydrogen-bond acceptors (Lipinski definition) is 2. The summed E-state index contributed by atoms with van der Waals surface area (Å²) in [6.45, 7) is 3.68. The van der Waals surface area contributed by atoms with E-state index >= 15 is 0 Å². The third-order valence-electron chi connectivity index (χ3n) is 2.49. The van der Waals surface area contributed by atoms with E-state index in [1.807, 2.05) is 13.8 Å². The molecule has 1 rings (SSSR count). The topological polar surface area (TPSA) is 78.4 Å². The van der Waals surface area contributed by atoms with Crippen molar-refractivity contribution in [3.8, 4) is 0 Å². The van der Waals surface area contributed by atoms with E-state index in [4.69, 9.17) is 16.7 Å². The number of aliphatic carboxylic acids is 1. The average Bonchev–Trinajstić information content (AvgIpc) is 2.32. The van der Waals surface area contributed by atoms with Crippen LogP contribution in [-0.2, 0) is 4.79 Å². The van der Waals surface area contributed by atoms with E-state index in [0.29, 0.717) is 0 Å². The van der Waals surface area contributed by atoms with Crippen LogP contribution < -0.4 is 10.6 Å². The highest BCUT2D eigenvalue weighted by Gasteiger charge is 2.21. The van der Waals surface area contributed by atoms with Crippen molar-refractivity contribution in [1.82, 2.24) is 5.32 Å². The van der Waals surface area contributed by atoms with Crippen molar-refractivity contribution in [2.45, 2.75) is 26.3 Å². The summed E-state index contributed by atoms with van der Waals surface area (Å²) in [5, 5.41) is 13.8. The second-order valence-electron chi connectivity index (χ2n) is 4.74. The molecule has 1 atom stereocenters. The Morgan fingerprint density at radius 2 is 2.05 bits per heavy atom. The number of anilines is 1. The molecule has 0 bridgehead atoms. The van der Waals surface area contributed by atoms with Gasteiger partial charge in [0, 0.05) is 5.02 Å². The lowest BCUT2D eigenvalue weighted by molar-refractivity contribution is -0.139. The SMILES string of the molecule is CC(C)C[C@@H](NC(=O)Nc1cc(Cl)ccc1F)C(=O)O. The monoisotopic (exact) mass is 302 g/mol. The summed E-state index contributed by atoms with van der Waals surface area (Å²) in [7, 11) is 0. The summed E-state index contributed by atoms with van der Waals surface area (Å²) < 4.78 is 13.4. The summed E-state index contributed by atoms with van der Waals surface area (Å²) in [4.78, 5) is 22.7. The van der Waals surface area contributed by atoms with Gasteiger partial charge in [0.15, 0.2) is 0 Å². The van der Waals surface area contributed by atoms with Crippen molar-refractivity contribution in [3.05, 3.63) is 29.0 Å².